The lowest BCUT2D eigenvalue weighted by Gasteiger charge is -2.25. The molecule has 1 unspecified atom stereocenters. The van der Waals surface area contributed by atoms with Gasteiger partial charge in [0.25, 0.3) is 5.91 Å². The number of morpholine rings is 1. The summed E-state index contributed by atoms with van der Waals surface area (Å²) in [6.45, 7) is 7.68. The van der Waals surface area contributed by atoms with Crippen molar-refractivity contribution in [3.63, 3.8) is 0 Å². The zero-order valence-corrected chi connectivity index (χ0v) is 19.6. The van der Waals surface area contributed by atoms with Crippen LogP contribution in [0.2, 0.25) is 0 Å². The molecule has 31 heavy (non-hydrogen) atoms. The van der Waals surface area contributed by atoms with Crippen LogP contribution >= 0.6 is 0 Å². The summed E-state index contributed by atoms with van der Waals surface area (Å²) in [5, 5.41) is 3.10. The highest BCUT2D eigenvalue weighted by molar-refractivity contribution is 7.89. The average Bonchev–Trinajstić information content (AvgIpc) is 3.16. The van der Waals surface area contributed by atoms with E-state index in [1.807, 2.05) is 0 Å². The molecule has 8 heteroatoms. The molecule has 1 aliphatic rings. The average molecular weight is 448 g/mol. The molecule has 1 aliphatic heterocycles. The molecule has 3 rings (SSSR count). The number of hydrogen-bond donors (Lipinski definition) is 1. The highest BCUT2D eigenvalue weighted by Crippen LogP contribution is 2.24. The van der Waals surface area contributed by atoms with Gasteiger partial charge in [0.15, 0.2) is 0 Å². The molecule has 170 valence electrons. The molecule has 1 fully saturated rings. The number of ether oxygens (including phenoxy) is 1. The van der Waals surface area contributed by atoms with Crippen molar-refractivity contribution < 1.29 is 17.9 Å². The minimum absolute atomic E-state index is 0.132. The Labute approximate surface area is 185 Å². The molecule has 0 bridgehead atoms. The van der Waals surface area contributed by atoms with Gasteiger partial charge in [-0.05, 0) is 29.5 Å². The van der Waals surface area contributed by atoms with E-state index in [0.717, 1.165) is 18.4 Å². The maximum atomic E-state index is 13.1. The molecule has 0 spiro atoms. The van der Waals surface area contributed by atoms with Crippen LogP contribution in [-0.2, 0) is 28.2 Å². The van der Waals surface area contributed by atoms with Crippen LogP contribution in [0.15, 0.2) is 41.4 Å². The summed E-state index contributed by atoms with van der Waals surface area (Å²) >= 11 is 0. The number of benzene rings is 1. The van der Waals surface area contributed by atoms with Crippen LogP contribution in [0.3, 0.4) is 0 Å². The van der Waals surface area contributed by atoms with Crippen molar-refractivity contribution in [2.45, 2.75) is 44.6 Å². The Bertz CT molecular complexity index is 990. The van der Waals surface area contributed by atoms with Gasteiger partial charge in [0, 0.05) is 26.3 Å². The number of aromatic nitrogens is 1. The fraction of sp³-hybridized carbons (Fsp3) is 0.522. The smallest absolute Gasteiger partial charge is 0.268 e. The highest BCUT2D eigenvalue weighted by atomic mass is 32.2. The lowest BCUT2D eigenvalue weighted by Crippen LogP contribution is -2.40. The van der Waals surface area contributed by atoms with Gasteiger partial charge in [0.2, 0.25) is 10.0 Å². The van der Waals surface area contributed by atoms with Crippen molar-refractivity contribution in [1.29, 1.82) is 0 Å². The molecule has 1 saturated heterocycles. The van der Waals surface area contributed by atoms with Crippen molar-refractivity contribution in [3.8, 4) is 0 Å². The Hall–Kier alpha value is -2.16. The number of amides is 1. The number of nitrogens with one attached hydrogen (secondary N) is 1. The van der Waals surface area contributed by atoms with Gasteiger partial charge in [0.05, 0.1) is 19.3 Å². The highest BCUT2D eigenvalue weighted by Gasteiger charge is 2.29. The van der Waals surface area contributed by atoms with E-state index in [0.29, 0.717) is 32.0 Å². The van der Waals surface area contributed by atoms with E-state index in [1.54, 1.807) is 11.6 Å². The molecule has 2 aromatic rings. The van der Waals surface area contributed by atoms with Crippen molar-refractivity contribution in [2.75, 3.05) is 26.3 Å². The van der Waals surface area contributed by atoms with Gasteiger partial charge in [-0.2, -0.15) is 4.31 Å². The molecule has 1 aromatic carbocycles. The number of carbonyl (C=O) groups is 1. The van der Waals surface area contributed by atoms with Crippen molar-refractivity contribution in [1.82, 2.24) is 14.2 Å². The second-order valence-corrected chi connectivity index (χ2v) is 10.3. The van der Waals surface area contributed by atoms with Crippen molar-refractivity contribution >= 4 is 15.9 Å². The Morgan fingerprint density at radius 1 is 1.16 bits per heavy atom. The molecule has 1 aromatic heterocycles. The van der Waals surface area contributed by atoms with E-state index < -0.39 is 10.0 Å². The fourth-order valence-electron chi connectivity index (χ4n) is 3.87. The Morgan fingerprint density at radius 2 is 1.81 bits per heavy atom. The third-order valence-electron chi connectivity index (χ3n) is 5.65. The summed E-state index contributed by atoms with van der Waals surface area (Å²) in [6.07, 6.45) is 3.62. The summed E-state index contributed by atoms with van der Waals surface area (Å²) < 4.78 is 34.1. The summed E-state index contributed by atoms with van der Waals surface area (Å²) in [5.74, 6) is -0.111. The number of carbonyl (C=O) groups excluding carboxylic acids is 1. The first-order valence-electron chi connectivity index (χ1n) is 10.9. The topological polar surface area (TPSA) is 80.6 Å². The van der Waals surface area contributed by atoms with Gasteiger partial charge in [0.1, 0.15) is 10.6 Å². The quantitative estimate of drug-likeness (QED) is 0.674. The minimum atomic E-state index is -3.65. The Balaban J connectivity index is 1.80. The van der Waals surface area contributed by atoms with E-state index in [1.165, 1.54) is 22.1 Å². The predicted octanol–water partition coefficient (Wildman–Crippen LogP) is 3.13. The molecule has 7 nitrogen and oxygen atoms in total. The van der Waals surface area contributed by atoms with Crippen LogP contribution < -0.4 is 5.32 Å². The van der Waals surface area contributed by atoms with Crippen LogP contribution in [0.4, 0.5) is 0 Å². The predicted molar refractivity (Wildman–Crippen MR) is 120 cm³/mol. The largest absolute Gasteiger partial charge is 0.379 e. The summed E-state index contributed by atoms with van der Waals surface area (Å²) in [7, 11) is -1.96. The number of aryl methyl sites for hydroxylation is 2. The lowest BCUT2D eigenvalue weighted by atomic mass is 9.94. The van der Waals surface area contributed by atoms with Crippen LogP contribution in [0.25, 0.3) is 0 Å². The van der Waals surface area contributed by atoms with Crippen molar-refractivity contribution in [2.24, 2.45) is 13.0 Å². The molecular weight excluding hydrogens is 414 g/mol. The standard InChI is InChI=1S/C23H33N3O4S/c1-5-6-18-7-9-19(10-8-18)22(17(2)3)24-23(27)21-15-20(16-25(21)4)31(28,29)26-11-13-30-14-12-26/h7-10,15-17,22H,5-6,11-14H2,1-4H3,(H,24,27). The first-order valence-corrected chi connectivity index (χ1v) is 12.3. The van der Waals surface area contributed by atoms with Gasteiger partial charge in [-0.3, -0.25) is 4.79 Å². The SMILES string of the molecule is CCCc1ccc(C(NC(=O)c2cc(S(=O)(=O)N3CCOCC3)cn2C)C(C)C)cc1. The van der Waals surface area contributed by atoms with Gasteiger partial charge in [-0.1, -0.05) is 51.5 Å². The number of rotatable bonds is 8. The second-order valence-electron chi connectivity index (χ2n) is 8.38. The first-order chi connectivity index (χ1) is 14.7. The molecule has 0 aliphatic carbocycles. The maximum Gasteiger partial charge on any atom is 0.268 e. The Morgan fingerprint density at radius 3 is 2.39 bits per heavy atom. The van der Waals surface area contributed by atoms with Crippen LogP contribution in [-0.4, -0.2) is 49.5 Å². The van der Waals surface area contributed by atoms with Gasteiger partial charge < -0.3 is 14.6 Å². The van der Waals surface area contributed by atoms with E-state index in [2.05, 4.69) is 50.4 Å². The molecule has 1 N–H and O–H groups in total. The third kappa shape index (κ3) is 5.37. The lowest BCUT2D eigenvalue weighted by molar-refractivity contribution is 0.0730. The zero-order chi connectivity index (χ0) is 22.6. The molecule has 0 radical (unpaired) electrons. The summed E-state index contributed by atoms with van der Waals surface area (Å²) in [4.78, 5) is 13.2. The van der Waals surface area contributed by atoms with Crippen molar-refractivity contribution in [3.05, 3.63) is 53.3 Å². The normalized spacial score (nSPS) is 16.4. The molecule has 0 saturated carbocycles. The van der Waals surface area contributed by atoms with E-state index in [-0.39, 0.29) is 22.8 Å². The molecule has 2 heterocycles. The second kappa shape index (κ2) is 9.97. The maximum absolute atomic E-state index is 13.1. The first kappa shape index (κ1) is 23.5. The monoisotopic (exact) mass is 447 g/mol. The number of nitrogens with zero attached hydrogens (tertiary/aromatic N) is 2. The fourth-order valence-corrected chi connectivity index (χ4v) is 5.35. The molecule has 1 atom stereocenters. The minimum Gasteiger partial charge on any atom is -0.379 e. The van der Waals surface area contributed by atoms with Gasteiger partial charge in [-0.15, -0.1) is 0 Å². The molecular formula is C23H33N3O4S. The zero-order valence-electron chi connectivity index (χ0n) is 18.8. The summed E-state index contributed by atoms with van der Waals surface area (Å²) in [6, 6.07) is 9.63. The Kier molecular flexibility index (Phi) is 7.56. The molecule has 1 amide bonds. The van der Waals surface area contributed by atoms with Crippen LogP contribution in [0, 0.1) is 5.92 Å². The summed E-state index contributed by atoms with van der Waals surface area (Å²) in [5.41, 5.74) is 2.64. The van der Waals surface area contributed by atoms with Crippen LogP contribution in [0.1, 0.15) is 54.8 Å². The van der Waals surface area contributed by atoms with E-state index in [4.69, 9.17) is 4.74 Å². The third-order valence-corrected chi connectivity index (χ3v) is 7.52. The van der Waals surface area contributed by atoms with E-state index >= 15 is 0 Å². The van der Waals surface area contributed by atoms with Gasteiger partial charge >= 0.3 is 0 Å². The van der Waals surface area contributed by atoms with Gasteiger partial charge in [-0.25, -0.2) is 8.42 Å². The van der Waals surface area contributed by atoms with E-state index in [9.17, 15) is 13.2 Å². The van der Waals surface area contributed by atoms with Crippen LogP contribution in [0.5, 0.6) is 0 Å². The number of hydrogen-bond acceptors (Lipinski definition) is 4. The number of sulfonamides is 1.